The fourth-order valence-corrected chi connectivity index (χ4v) is 2.79. The molecule has 0 saturated heterocycles. The number of rotatable bonds is 3. The van der Waals surface area contributed by atoms with E-state index in [1.54, 1.807) is 0 Å². The first-order valence-electron chi connectivity index (χ1n) is 7.19. The summed E-state index contributed by atoms with van der Waals surface area (Å²) in [4.78, 5) is 4.61. The molecule has 1 N–H and O–H groups in total. The molecule has 0 atom stereocenters. The van der Waals surface area contributed by atoms with Crippen LogP contribution in [0.25, 0.3) is 5.57 Å². The lowest BCUT2D eigenvalue weighted by molar-refractivity contribution is 0.474. The van der Waals surface area contributed by atoms with E-state index in [2.05, 4.69) is 40.6 Å². The van der Waals surface area contributed by atoms with Gasteiger partial charge in [0.1, 0.15) is 11.5 Å². The van der Waals surface area contributed by atoms with E-state index in [9.17, 15) is 0 Å². The zero-order chi connectivity index (χ0) is 13.9. The van der Waals surface area contributed by atoms with Gasteiger partial charge in [0.25, 0.3) is 0 Å². The van der Waals surface area contributed by atoms with Gasteiger partial charge in [-0.05, 0) is 37.6 Å². The monoisotopic (exact) mass is 268 g/mol. The van der Waals surface area contributed by atoms with Crippen LogP contribution >= 0.6 is 0 Å². The lowest BCUT2D eigenvalue weighted by Crippen LogP contribution is -2.06. The van der Waals surface area contributed by atoms with Crippen LogP contribution in [-0.2, 0) is 12.8 Å². The third-order valence-corrected chi connectivity index (χ3v) is 3.73. The third kappa shape index (κ3) is 2.41. The molecule has 104 valence electrons. The number of aromatic nitrogens is 1. The highest BCUT2D eigenvalue weighted by Crippen LogP contribution is 2.33. The molecule has 3 nitrogen and oxygen atoms in total. The molecule has 0 unspecified atom stereocenters. The highest BCUT2D eigenvalue weighted by molar-refractivity contribution is 5.81. The van der Waals surface area contributed by atoms with Crippen molar-refractivity contribution in [2.45, 2.75) is 26.2 Å². The summed E-state index contributed by atoms with van der Waals surface area (Å²) in [5, 5.41) is 3.19. The largest absolute Gasteiger partial charge is 0.445 e. The van der Waals surface area contributed by atoms with E-state index in [-0.39, 0.29) is 0 Å². The van der Waals surface area contributed by atoms with Crippen molar-refractivity contribution < 1.29 is 4.42 Å². The van der Waals surface area contributed by atoms with Crippen molar-refractivity contribution in [3.8, 4) is 0 Å². The number of aryl methyl sites for hydroxylation is 3. The number of hydrogen-bond acceptors (Lipinski definition) is 3. The summed E-state index contributed by atoms with van der Waals surface area (Å²) in [6.45, 7) is 2.89. The van der Waals surface area contributed by atoms with Crippen LogP contribution in [-0.4, -0.2) is 18.6 Å². The molecule has 2 aromatic rings. The molecule has 0 aliphatic heterocycles. The average Bonchev–Trinajstić information content (AvgIpc) is 2.76. The lowest BCUT2D eigenvalue weighted by Gasteiger charge is -2.08. The van der Waals surface area contributed by atoms with Crippen molar-refractivity contribution in [1.82, 2.24) is 10.3 Å². The molecule has 0 saturated carbocycles. The summed E-state index contributed by atoms with van der Waals surface area (Å²) in [6.07, 6.45) is 5.21. The SMILES string of the molecule is CNCC/C=C1/c2ccccc2CCc2oc(C)nc21. The summed E-state index contributed by atoms with van der Waals surface area (Å²) in [5.41, 5.74) is 4.94. The van der Waals surface area contributed by atoms with Crippen LogP contribution in [0.4, 0.5) is 0 Å². The Morgan fingerprint density at radius 1 is 1.30 bits per heavy atom. The average molecular weight is 268 g/mol. The summed E-state index contributed by atoms with van der Waals surface area (Å²) in [5.74, 6) is 1.78. The molecule has 1 heterocycles. The summed E-state index contributed by atoms with van der Waals surface area (Å²) in [7, 11) is 1.98. The fraction of sp³-hybridized carbons (Fsp3) is 0.353. The Morgan fingerprint density at radius 2 is 2.15 bits per heavy atom. The first kappa shape index (κ1) is 13.1. The predicted octanol–water partition coefficient (Wildman–Crippen LogP) is 3.12. The minimum absolute atomic E-state index is 0.758. The summed E-state index contributed by atoms with van der Waals surface area (Å²) >= 11 is 0. The molecule has 1 aliphatic carbocycles. The number of nitrogens with one attached hydrogen (secondary N) is 1. The van der Waals surface area contributed by atoms with E-state index in [0.29, 0.717) is 0 Å². The molecule has 1 aromatic heterocycles. The molecule has 3 heteroatoms. The Kier molecular flexibility index (Phi) is 3.70. The molecule has 0 fully saturated rings. The van der Waals surface area contributed by atoms with Crippen LogP contribution < -0.4 is 5.32 Å². The Bertz CT molecular complexity index is 640. The van der Waals surface area contributed by atoms with Crippen molar-refractivity contribution in [1.29, 1.82) is 0 Å². The second-order valence-electron chi connectivity index (χ2n) is 5.17. The molecule has 3 rings (SSSR count). The molecule has 0 radical (unpaired) electrons. The van der Waals surface area contributed by atoms with Crippen LogP contribution in [0, 0.1) is 6.92 Å². The second kappa shape index (κ2) is 5.63. The van der Waals surface area contributed by atoms with Crippen molar-refractivity contribution in [3.05, 3.63) is 58.8 Å². The first-order valence-corrected chi connectivity index (χ1v) is 7.19. The van der Waals surface area contributed by atoms with Crippen LogP contribution in [0.2, 0.25) is 0 Å². The van der Waals surface area contributed by atoms with Gasteiger partial charge in [-0.1, -0.05) is 30.3 Å². The Balaban J connectivity index is 2.10. The number of benzene rings is 1. The maximum Gasteiger partial charge on any atom is 0.191 e. The smallest absolute Gasteiger partial charge is 0.191 e. The molecular weight excluding hydrogens is 248 g/mol. The van der Waals surface area contributed by atoms with Gasteiger partial charge >= 0.3 is 0 Å². The molecule has 0 spiro atoms. The van der Waals surface area contributed by atoms with Gasteiger partial charge in [-0.3, -0.25) is 0 Å². The molecule has 0 bridgehead atoms. The fourth-order valence-electron chi connectivity index (χ4n) is 2.79. The van der Waals surface area contributed by atoms with E-state index in [0.717, 1.165) is 43.2 Å². The second-order valence-corrected chi connectivity index (χ2v) is 5.17. The Morgan fingerprint density at radius 3 is 3.00 bits per heavy atom. The predicted molar refractivity (Wildman–Crippen MR) is 80.7 cm³/mol. The van der Waals surface area contributed by atoms with Gasteiger partial charge in [-0.15, -0.1) is 0 Å². The van der Waals surface area contributed by atoms with E-state index < -0.39 is 0 Å². The standard InChI is InChI=1S/C17H20N2O/c1-12-19-17-15(8-5-11-18-2)14-7-4-3-6-13(14)9-10-16(17)20-12/h3-4,6-8,18H,5,9-11H2,1-2H3/b15-8-. The number of nitrogens with zero attached hydrogens (tertiary/aromatic N) is 1. The third-order valence-electron chi connectivity index (χ3n) is 3.73. The van der Waals surface area contributed by atoms with Gasteiger partial charge in [0, 0.05) is 18.9 Å². The van der Waals surface area contributed by atoms with Gasteiger partial charge in [-0.25, -0.2) is 4.98 Å². The number of fused-ring (bicyclic) bond motifs is 2. The molecule has 0 amide bonds. The van der Waals surface area contributed by atoms with Crippen LogP contribution in [0.15, 0.2) is 34.8 Å². The minimum Gasteiger partial charge on any atom is -0.445 e. The van der Waals surface area contributed by atoms with Crippen LogP contribution in [0.3, 0.4) is 0 Å². The topological polar surface area (TPSA) is 38.1 Å². The quantitative estimate of drug-likeness (QED) is 0.869. The van der Waals surface area contributed by atoms with Gasteiger partial charge in [0.15, 0.2) is 5.89 Å². The number of hydrogen-bond donors (Lipinski definition) is 1. The lowest BCUT2D eigenvalue weighted by atomic mass is 9.97. The van der Waals surface area contributed by atoms with Crippen molar-refractivity contribution >= 4 is 5.57 Å². The summed E-state index contributed by atoms with van der Waals surface area (Å²) in [6, 6.07) is 8.61. The van der Waals surface area contributed by atoms with Crippen LogP contribution in [0.1, 0.15) is 34.9 Å². The van der Waals surface area contributed by atoms with E-state index in [4.69, 9.17) is 4.42 Å². The highest BCUT2D eigenvalue weighted by atomic mass is 16.4. The van der Waals surface area contributed by atoms with Gasteiger partial charge < -0.3 is 9.73 Å². The molecule has 1 aromatic carbocycles. The van der Waals surface area contributed by atoms with E-state index in [1.165, 1.54) is 16.7 Å². The number of oxazole rings is 1. The molecule has 1 aliphatic rings. The van der Waals surface area contributed by atoms with E-state index >= 15 is 0 Å². The van der Waals surface area contributed by atoms with Crippen LogP contribution in [0.5, 0.6) is 0 Å². The van der Waals surface area contributed by atoms with Gasteiger partial charge in [0.2, 0.25) is 0 Å². The maximum absolute atomic E-state index is 5.79. The summed E-state index contributed by atoms with van der Waals surface area (Å²) < 4.78 is 5.79. The van der Waals surface area contributed by atoms with Crippen molar-refractivity contribution in [2.75, 3.05) is 13.6 Å². The zero-order valence-corrected chi connectivity index (χ0v) is 12.1. The zero-order valence-electron chi connectivity index (χ0n) is 12.1. The van der Waals surface area contributed by atoms with Crippen molar-refractivity contribution in [2.24, 2.45) is 0 Å². The van der Waals surface area contributed by atoms with E-state index in [1.807, 2.05) is 14.0 Å². The Hall–Kier alpha value is -1.87. The molecular formula is C17H20N2O. The maximum atomic E-state index is 5.79. The highest BCUT2D eigenvalue weighted by Gasteiger charge is 2.22. The first-order chi connectivity index (χ1) is 9.79. The normalized spacial score (nSPS) is 15.8. The Labute approximate surface area is 119 Å². The molecule has 20 heavy (non-hydrogen) atoms. The minimum atomic E-state index is 0.758. The van der Waals surface area contributed by atoms with Gasteiger partial charge in [0.05, 0.1) is 0 Å². The van der Waals surface area contributed by atoms with Gasteiger partial charge in [-0.2, -0.15) is 0 Å². The van der Waals surface area contributed by atoms with Crippen molar-refractivity contribution in [3.63, 3.8) is 0 Å².